The van der Waals surface area contributed by atoms with Crippen molar-refractivity contribution in [3.8, 4) is 5.75 Å². The Morgan fingerprint density at radius 3 is 2.52 bits per heavy atom. The van der Waals surface area contributed by atoms with Crippen LogP contribution in [-0.4, -0.2) is 11.7 Å². The number of ether oxygens (including phenoxy) is 1. The molecule has 0 spiro atoms. The van der Waals surface area contributed by atoms with Gasteiger partial charge in [0.2, 0.25) is 0 Å². The highest BCUT2D eigenvalue weighted by molar-refractivity contribution is 9.10. The first-order valence-corrected chi connectivity index (χ1v) is 7.65. The molecule has 112 valence electrons. The van der Waals surface area contributed by atoms with E-state index in [4.69, 9.17) is 10.5 Å². The quantitative estimate of drug-likeness (QED) is 0.863. The van der Waals surface area contributed by atoms with Gasteiger partial charge in [0.25, 0.3) is 0 Å². The van der Waals surface area contributed by atoms with Gasteiger partial charge in [-0.1, -0.05) is 52.3 Å². The molecule has 21 heavy (non-hydrogen) atoms. The maximum Gasteiger partial charge on any atom is 0.125 e. The Balaban J connectivity index is 2.18. The predicted molar refractivity (Wildman–Crippen MR) is 88.3 cm³/mol. The second-order valence-corrected chi connectivity index (χ2v) is 6.32. The van der Waals surface area contributed by atoms with Gasteiger partial charge in [-0.2, -0.15) is 0 Å². The lowest BCUT2D eigenvalue weighted by molar-refractivity contribution is 0.00720. The third kappa shape index (κ3) is 4.06. The summed E-state index contributed by atoms with van der Waals surface area (Å²) in [6.45, 7) is 3.81. The van der Waals surface area contributed by atoms with Crippen LogP contribution in [-0.2, 0) is 5.60 Å². The zero-order chi connectivity index (χ0) is 15.5. The molecular formula is C17H20BrNO2. The molecule has 0 aliphatic carbocycles. The molecule has 0 aliphatic rings. The molecule has 0 radical (unpaired) electrons. The van der Waals surface area contributed by atoms with E-state index in [0.717, 1.165) is 15.6 Å². The second-order valence-electron chi connectivity index (χ2n) is 5.40. The Kier molecular flexibility index (Phi) is 5.04. The summed E-state index contributed by atoms with van der Waals surface area (Å²) in [5, 5.41) is 10.6. The molecule has 4 heteroatoms. The van der Waals surface area contributed by atoms with E-state index in [1.165, 1.54) is 0 Å². The van der Waals surface area contributed by atoms with Gasteiger partial charge in [-0.15, -0.1) is 0 Å². The highest BCUT2D eigenvalue weighted by Crippen LogP contribution is 2.29. The highest BCUT2D eigenvalue weighted by atomic mass is 79.9. The van der Waals surface area contributed by atoms with Gasteiger partial charge in [-0.25, -0.2) is 0 Å². The van der Waals surface area contributed by atoms with Gasteiger partial charge < -0.3 is 15.6 Å². The molecule has 0 saturated carbocycles. The van der Waals surface area contributed by atoms with Crippen molar-refractivity contribution in [2.45, 2.75) is 25.5 Å². The van der Waals surface area contributed by atoms with Crippen LogP contribution in [0.1, 0.15) is 31.0 Å². The summed E-state index contributed by atoms with van der Waals surface area (Å²) in [5.41, 5.74) is 6.64. The lowest BCUT2D eigenvalue weighted by Gasteiger charge is -2.25. The molecule has 0 heterocycles. The first kappa shape index (κ1) is 16.0. The van der Waals surface area contributed by atoms with Crippen molar-refractivity contribution in [2.75, 3.05) is 6.61 Å². The first-order valence-electron chi connectivity index (χ1n) is 6.86. The third-order valence-electron chi connectivity index (χ3n) is 3.37. The van der Waals surface area contributed by atoms with Crippen LogP contribution in [0.25, 0.3) is 0 Å². The number of hydrogen-bond donors (Lipinski definition) is 2. The molecule has 0 aliphatic heterocycles. The largest absolute Gasteiger partial charge is 0.490 e. The Morgan fingerprint density at radius 1 is 1.24 bits per heavy atom. The first-order chi connectivity index (χ1) is 9.90. The molecule has 0 aromatic heterocycles. The number of aliphatic hydroxyl groups is 1. The SMILES string of the molecule is C[C@H](N)c1ccc(Br)cc1OCC(C)(O)c1ccccc1. The van der Waals surface area contributed by atoms with E-state index < -0.39 is 5.60 Å². The average molecular weight is 350 g/mol. The Hall–Kier alpha value is -1.36. The molecule has 3 N–H and O–H groups in total. The summed E-state index contributed by atoms with van der Waals surface area (Å²) >= 11 is 3.43. The fourth-order valence-corrected chi connectivity index (χ4v) is 2.45. The molecular weight excluding hydrogens is 330 g/mol. The standard InChI is InChI=1S/C17H20BrNO2/c1-12(19)15-9-8-14(18)10-16(15)21-11-17(2,20)13-6-4-3-5-7-13/h3-10,12,20H,11,19H2,1-2H3/t12-,17?/m0/s1. The molecule has 1 unspecified atom stereocenters. The topological polar surface area (TPSA) is 55.5 Å². The van der Waals surface area contributed by atoms with Gasteiger partial charge in [-0.3, -0.25) is 0 Å². The van der Waals surface area contributed by atoms with Crippen LogP contribution in [0.15, 0.2) is 53.0 Å². The fraction of sp³-hybridized carbons (Fsp3) is 0.294. The second kappa shape index (κ2) is 6.60. The third-order valence-corrected chi connectivity index (χ3v) is 3.86. The van der Waals surface area contributed by atoms with Crippen molar-refractivity contribution in [1.29, 1.82) is 0 Å². The zero-order valence-electron chi connectivity index (χ0n) is 12.2. The number of nitrogens with two attached hydrogens (primary N) is 1. The minimum Gasteiger partial charge on any atom is -0.490 e. The minimum atomic E-state index is -1.06. The number of hydrogen-bond acceptors (Lipinski definition) is 3. The monoisotopic (exact) mass is 349 g/mol. The van der Waals surface area contributed by atoms with Crippen molar-refractivity contribution in [3.05, 3.63) is 64.1 Å². The molecule has 0 fully saturated rings. The zero-order valence-corrected chi connectivity index (χ0v) is 13.8. The van der Waals surface area contributed by atoms with Gasteiger partial charge >= 0.3 is 0 Å². The van der Waals surface area contributed by atoms with Crippen molar-refractivity contribution >= 4 is 15.9 Å². The molecule has 2 rings (SSSR count). The maximum absolute atomic E-state index is 10.6. The van der Waals surface area contributed by atoms with Crippen LogP contribution in [0.3, 0.4) is 0 Å². The summed E-state index contributed by atoms with van der Waals surface area (Å²) in [7, 11) is 0. The van der Waals surface area contributed by atoms with Gasteiger partial charge in [0, 0.05) is 16.1 Å². The van der Waals surface area contributed by atoms with Gasteiger partial charge in [0.15, 0.2) is 0 Å². The Morgan fingerprint density at radius 2 is 1.90 bits per heavy atom. The van der Waals surface area contributed by atoms with Gasteiger partial charge in [0.05, 0.1) is 0 Å². The normalized spacial score (nSPS) is 15.3. The van der Waals surface area contributed by atoms with Gasteiger partial charge in [0.1, 0.15) is 18.0 Å². The van der Waals surface area contributed by atoms with E-state index in [9.17, 15) is 5.11 Å². The van der Waals surface area contributed by atoms with Crippen molar-refractivity contribution in [2.24, 2.45) is 5.73 Å². The molecule has 0 saturated heterocycles. The molecule has 2 atom stereocenters. The minimum absolute atomic E-state index is 0.130. The van der Waals surface area contributed by atoms with E-state index in [1.54, 1.807) is 6.92 Å². The van der Waals surface area contributed by atoms with E-state index in [1.807, 2.05) is 55.5 Å². The van der Waals surface area contributed by atoms with Crippen LogP contribution in [0.5, 0.6) is 5.75 Å². The fourth-order valence-electron chi connectivity index (χ4n) is 2.11. The Labute approximate surface area is 133 Å². The van der Waals surface area contributed by atoms with Crippen LogP contribution >= 0.6 is 15.9 Å². The molecule has 0 bridgehead atoms. The smallest absolute Gasteiger partial charge is 0.125 e. The average Bonchev–Trinajstić information content (AvgIpc) is 2.46. The molecule has 2 aromatic rings. The molecule has 3 nitrogen and oxygen atoms in total. The summed E-state index contributed by atoms with van der Waals surface area (Å²) in [6, 6.07) is 15.1. The number of halogens is 1. The van der Waals surface area contributed by atoms with E-state index in [0.29, 0.717) is 5.75 Å². The number of benzene rings is 2. The maximum atomic E-state index is 10.6. The Bertz CT molecular complexity index is 597. The molecule has 0 amide bonds. The van der Waals surface area contributed by atoms with E-state index in [-0.39, 0.29) is 12.6 Å². The predicted octanol–water partition coefficient (Wildman–Crippen LogP) is 3.76. The van der Waals surface area contributed by atoms with Crippen molar-refractivity contribution < 1.29 is 9.84 Å². The summed E-state index contributed by atoms with van der Waals surface area (Å²) < 4.78 is 6.76. The summed E-state index contributed by atoms with van der Waals surface area (Å²) in [4.78, 5) is 0. The van der Waals surface area contributed by atoms with E-state index >= 15 is 0 Å². The summed E-state index contributed by atoms with van der Waals surface area (Å²) in [6.07, 6.45) is 0. The lowest BCUT2D eigenvalue weighted by atomic mass is 9.97. The van der Waals surface area contributed by atoms with E-state index in [2.05, 4.69) is 15.9 Å². The van der Waals surface area contributed by atoms with Crippen LogP contribution < -0.4 is 10.5 Å². The van der Waals surface area contributed by atoms with Crippen LogP contribution in [0, 0.1) is 0 Å². The lowest BCUT2D eigenvalue weighted by Crippen LogP contribution is -2.29. The van der Waals surface area contributed by atoms with Crippen molar-refractivity contribution in [1.82, 2.24) is 0 Å². The number of rotatable bonds is 5. The summed E-state index contributed by atoms with van der Waals surface area (Å²) in [5.74, 6) is 0.690. The highest BCUT2D eigenvalue weighted by Gasteiger charge is 2.24. The van der Waals surface area contributed by atoms with Crippen molar-refractivity contribution in [3.63, 3.8) is 0 Å². The molecule has 2 aromatic carbocycles. The van der Waals surface area contributed by atoms with Gasteiger partial charge in [-0.05, 0) is 31.5 Å². The van der Waals surface area contributed by atoms with Crippen LogP contribution in [0.4, 0.5) is 0 Å². The van der Waals surface area contributed by atoms with Crippen LogP contribution in [0.2, 0.25) is 0 Å².